The van der Waals surface area contributed by atoms with Crippen LogP contribution < -0.4 is 0 Å². The van der Waals surface area contributed by atoms with Crippen molar-refractivity contribution in [3.8, 4) is 0 Å². The van der Waals surface area contributed by atoms with Gasteiger partial charge in [-0.2, -0.15) is 20.3 Å². The fraction of sp³-hybridized carbons (Fsp3) is 0.667. The zero-order valence-corrected chi connectivity index (χ0v) is 8.62. The smallest absolute Gasteiger partial charge is 0 e. The van der Waals surface area contributed by atoms with E-state index in [0.29, 0.717) is 0 Å². The monoisotopic (exact) mass is 175 g/mol. The summed E-state index contributed by atoms with van der Waals surface area (Å²) in [6.45, 7) is 6.44. The summed E-state index contributed by atoms with van der Waals surface area (Å²) in [7, 11) is 0. The second-order valence-corrected chi connectivity index (χ2v) is 1.56. The first-order valence-corrected chi connectivity index (χ1v) is 2.06. The topological polar surface area (TPSA) is 0 Å². The molecule has 0 aromatic carbocycles. The van der Waals surface area contributed by atoms with Crippen molar-refractivity contribution in [1.29, 1.82) is 0 Å². The molecule has 0 saturated heterocycles. The van der Waals surface area contributed by atoms with E-state index in [4.69, 9.17) is 0 Å². The van der Waals surface area contributed by atoms with Gasteiger partial charge in [0.05, 0.1) is 0 Å². The summed E-state index contributed by atoms with van der Waals surface area (Å²) in [6.07, 6.45) is 1.22. The normalized spacial score (nSPS) is 6.86. The van der Waals surface area contributed by atoms with E-state index in [-0.39, 0.29) is 40.1 Å². The molecule has 43 valence electrons. The zero-order chi connectivity index (χ0) is 4.28. The predicted molar refractivity (Wildman–Crippen MR) is 31.3 cm³/mol. The van der Waals surface area contributed by atoms with Crippen molar-refractivity contribution < 1.29 is 32.7 Å². The van der Waals surface area contributed by atoms with Gasteiger partial charge >= 0.3 is 0 Å². The van der Waals surface area contributed by atoms with Gasteiger partial charge in [0.25, 0.3) is 0 Å². The number of hydrogen-bond donors (Lipinski definition) is 0. The quantitative estimate of drug-likeness (QED) is 0.537. The van der Waals surface area contributed by atoms with Crippen molar-refractivity contribution in [3.63, 3.8) is 0 Å². The molecule has 0 aromatic heterocycles. The average Bonchev–Trinajstić information content (AvgIpc) is 1.38. The van der Waals surface area contributed by atoms with Gasteiger partial charge < -0.3 is 13.3 Å². The summed E-state index contributed by atoms with van der Waals surface area (Å²) >= 11 is 0. The van der Waals surface area contributed by atoms with E-state index in [0.717, 1.165) is 0 Å². The Bertz CT molecular complexity index is 18.1. The van der Waals surface area contributed by atoms with Crippen molar-refractivity contribution in [3.05, 3.63) is 13.3 Å². The Hall–Kier alpha value is 1.10. The van der Waals surface area contributed by atoms with E-state index in [2.05, 4.69) is 20.8 Å². The van der Waals surface area contributed by atoms with Crippen LogP contribution in [0.25, 0.3) is 0 Å². The molecule has 0 saturated carbocycles. The average molecular weight is 175 g/mol. The molecule has 0 aliphatic heterocycles. The van der Waals surface area contributed by atoms with Crippen LogP contribution in [0, 0.1) is 13.3 Å². The molecule has 0 heterocycles. The molecule has 0 fully saturated rings. The second-order valence-electron chi connectivity index (χ2n) is 1.56. The molecule has 7 heavy (non-hydrogen) atoms. The molecule has 0 unspecified atom stereocenters. The van der Waals surface area contributed by atoms with Crippen LogP contribution in [0.4, 0.5) is 0 Å². The molecule has 0 bridgehead atoms. The largest absolute Gasteiger partial charge is 0.358 e. The van der Waals surface area contributed by atoms with Crippen LogP contribution in [0.2, 0.25) is 0 Å². The van der Waals surface area contributed by atoms with Crippen molar-refractivity contribution in [1.82, 2.24) is 0 Å². The first-order chi connectivity index (χ1) is 2.27. The van der Waals surface area contributed by atoms with E-state index in [1.54, 1.807) is 0 Å². The van der Waals surface area contributed by atoms with Crippen LogP contribution in [0.15, 0.2) is 0 Å². The van der Waals surface area contributed by atoms with Gasteiger partial charge in [0, 0.05) is 32.7 Å². The third kappa shape index (κ3) is 19.2. The molecule has 0 N–H and O–H groups in total. The van der Waals surface area contributed by atoms with Gasteiger partial charge in [-0.1, -0.05) is 6.92 Å². The minimum Gasteiger partial charge on any atom is -0.358 e. The Kier molecular flexibility index (Phi) is 22.8. The first-order valence-electron chi connectivity index (χ1n) is 2.06. The molecular formula is C6H14Y-2. The molecular weight excluding hydrogens is 161 g/mol. The Morgan fingerprint density at radius 2 is 1.43 bits per heavy atom. The van der Waals surface area contributed by atoms with Crippen molar-refractivity contribution in [2.45, 2.75) is 27.2 Å². The summed E-state index contributed by atoms with van der Waals surface area (Å²) in [6, 6.07) is 0. The van der Waals surface area contributed by atoms with Crippen LogP contribution >= 0.6 is 0 Å². The van der Waals surface area contributed by atoms with Gasteiger partial charge in [0.2, 0.25) is 0 Å². The maximum atomic E-state index is 2.16. The van der Waals surface area contributed by atoms with Crippen LogP contribution in [0.3, 0.4) is 0 Å². The summed E-state index contributed by atoms with van der Waals surface area (Å²) in [5.74, 6) is 1.50. The third-order valence-electron chi connectivity index (χ3n) is 0.707. The molecule has 0 spiro atoms. The zero-order valence-electron chi connectivity index (χ0n) is 5.78. The maximum Gasteiger partial charge on any atom is 0 e. The molecule has 0 amide bonds. The minimum absolute atomic E-state index is 0. The summed E-state index contributed by atoms with van der Waals surface area (Å²) in [5.41, 5.74) is 0. The van der Waals surface area contributed by atoms with Gasteiger partial charge in [-0.05, 0) is 0 Å². The van der Waals surface area contributed by atoms with Crippen LogP contribution in [0.1, 0.15) is 27.2 Å². The molecule has 1 heteroatoms. The van der Waals surface area contributed by atoms with Gasteiger partial charge in [-0.3, -0.25) is 0 Å². The van der Waals surface area contributed by atoms with Crippen LogP contribution in [-0.4, -0.2) is 0 Å². The molecule has 0 aliphatic carbocycles. The van der Waals surface area contributed by atoms with Crippen LogP contribution in [-0.2, 0) is 32.7 Å². The Morgan fingerprint density at radius 3 is 1.43 bits per heavy atom. The predicted octanol–water partition coefficient (Wildman–Crippen LogP) is 2.46. The molecule has 0 aromatic rings. The third-order valence-corrected chi connectivity index (χ3v) is 0.707. The van der Waals surface area contributed by atoms with Crippen molar-refractivity contribution in [2.75, 3.05) is 0 Å². The summed E-state index contributed by atoms with van der Waals surface area (Å²) in [4.78, 5) is 0. The van der Waals surface area contributed by atoms with E-state index in [1.807, 2.05) is 0 Å². The maximum absolute atomic E-state index is 2.16. The molecule has 0 aliphatic rings. The fourth-order valence-electron chi connectivity index (χ4n) is 0. The van der Waals surface area contributed by atoms with Crippen molar-refractivity contribution in [2.24, 2.45) is 0 Å². The van der Waals surface area contributed by atoms with E-state index >= 15 is 0 Å². The minimum atomic E-state index is 0. The van der Waals surface area contributed by atoms with Gasteiger partial charge in [0.15, 0.2) is 0 Å². The summed E-state index contributed by atoms with van der Waals surface area (Å²) < 4.78 is 0. The second kappa shape index (κ2) is 10.2. The molecule has 0 nitrogen and oxygen atoms in total. The Morgan fingerprint density at radius 1 is 1.29 bits per heavy atom. The van der Waals surface area contributed by atoms with E-state index in [1.165, 1.54) is 12.3 Å². The molecule has 0 rings (SSSR count). The Labute approximate surface area is 73.0 Å². The fourth-order valence-corrected chi connectivity index (χ4v) is 0. The van der Waals surface area contributed by atoms with Gasteiger partial charge in [0.1, 0.15) is 0 Å². The standard InChI is InChI=1S/C5H11.CH3.Y/c1-4-5(2)3;;/h4H2,1-3H3;1H3;/q2*-1;. The van der Waals surface area contributed by atoms with E-state index < -0.39 is 0 Å². The molecule has 0 atom stereocenters. The summed E-state index contributed by atoms with van der Waals surface area (Å²) in [5, 5.41) is 0. The van der Waals surface area contributed by atoms with Crippen molar-refractivity contribution >= 4 is 0 Å². The Balaban J connectivity index is -0.0000000800. The number of hydrogen-bond acceptors (Lipinski definition) is 0. The van der Waals surface area contributed by atoms with Crippen LogP contribution in [0.5, 0.6) is 0 Å². The SMILES string of the molecule is CC[C-](C)C.[CH3-].[Y]. The number of rotatable bonds is 1. The van der Waals surface area contributed by atoms with Gasteiger partial charge in [-0.15, -0.1) is 0 Å². The molecule has 1 radical (unpaired) electrons. The first kappa shape index (κ1) is 15.7. The van der Waals surface area contributed by atoms with E-state index in [9.17, 15) is 0 Å². The van der Waals surface area contributed by atoms with Gasteiger partial charge in [-0.25, -0.2) is 0 Å².